The number of nitrogens with zero attached hydrogens (tertiary/aromatic N) is 5. The lowest BCUT2D eigenvalue weighted by atomic mass is 10.3. The summed E-state index contributed by atoms with van der Waals surface area (Å²) >= 11 is 1.32. The molecule has 30 heavy (non-hydrogen) atoms. The van der Waals surface area contributed by atoms with Gasteiger partial charge in [-0.15, -0.1) is 12.4 Å². The summed E-state index contributed by atoms with van der Waals surface area (Å²) < 4.78 is 21.5. The Morgan fingerprint density at radius 3 is 2.77 bits per heavy atom. The molecule has 0 radical (unpaired) electrons. The molecule has 1 aliphatic rings. The molecule has 10 heteroatoms. The zero-order valence-corrected chi connectivity index (χ0v) is 18.6. The summed E-state index contributed by atoms with van der Waals surface area (Å²) in [5.41, 5.74) is 2.03. The fraction of sp³-hybridized carbons (Fsp3) is 0.450. The SMILES string of the molecule is CCn1nc(C(=O)N(CCN2CCOCC2)c2nc3ccc(F)cc3s2)cc1C.Cl. The van der Waals surface area contributed by atoms with Gasteiger partial charge in [-0.2, -0.15) is 5.10 Å². The van der Waals surface area contributed by atoms with Crippen LogP contribution >= 0.6 is 23.7 Å². The number of benzene rings is 1. The summed E-state index contributed by atoms with van der Waals surface area (Å²) in [7, 11) is 0. The van der Waals surface area contributed by atoms with Crippen LogP contribution in [0.2, 0.25) is 0 Å². The van der Waals surface area contributed by atoms with Gasteiger partial charge in [0.05, 0.1) is 23.4 Å². The van der Waals surface area contributed by atoms with E-state index >= 15 is 0 Å². The lowest BCUT2D eigenvalue weighted by Crippen LogP contribution is -2.43. The van der Waals surface area contributed by atoms with Gasteiger partial charge < -0.3 is 4.74 Å². The Morgan fingerprint density at radius 2 is 2.07 bits per heavy atom. The van der Waals surface area contributed by atoms with Crippen LogP contribution in [0.15, 0.2) is 24.3 Å². The molecule has 1 amide bonds. The molecule has 0 atom stereocenters. The van der Waals surface area contributed by atoms with E-state index in [0.717, 1.165) is 23.5 Å². The molecular formula is C20H25ClFN5O2S. The highest BCUT2D eigenvalue weighted by Crippen LogP contribution is 2.30. The first kappa shape index (κ1) is 22.6. The van der Waals surface area contributed by atoms with E-state index in [1.54, 1.807) is 21.7 Å². The van der Waals surface area contributed by atoms with Gasteiger partial charge in [-0.1, -0.05) is 11.3 Å². The Bertz CT molecular complexity index is 1020. The van der Waals surface area contributed by atoms with Crippen LogP contribution in [0.4, 0.5) is 9.52 Å². The topological polar surface area (TPSA) is 63.5 Å². The highest BCUT2D eigenvalue weighted by atomic mass is 35.5. The summed E-state index contributed by atoms with van der Waals surface area (Å²) in [5, 5.41) is 5.01. The Morgan fingerprint density at radius 1 is 1.30 bits per heavy atom. The van der Waals surface area contributed by atoms with Crippen molar-refractivity contribution in [1.29, 1.82) is 0 Å². The molecule has 4 rings (SSSR count). The molecule has 0 bridgehead atoms. The van der Waals surface area contributed by atoms with Crippen molar-refractivity contribution in [3.05, 3.63) is 41.5 Å². The van der Waals surface area contributed by atoms with Crippen molar-refractivity contribution in [2.24, 2.45) is 0 Å². The standard InChI is InChI=1S/C20H24FN5O2S.ClH/c1-3-26-14(2)12-17(23-26)19(27)25(7-6-24-8-10-28-11-9-24)20-22-16-5-4-15(21)13-18(16)29-20;/h4-5,12-13H,3,6-11H2,1-2H3;1H. The van der Waals surface area contributed by atoms with Gasteiger partial charge >= 0.3 is 0 Å². The Balaban J connectivity index is 0.00000256. The molecular weight excluding hydrogens is 429 g/mol. The summed E-state index contributed by atoms with van der Waals surface area (Å²) in [6.07, 6.45) is 0. The number of carbonyl (C=O) groups excluding carboxylic acids is 1. The summed E-state index contributed by atoms with van der Waals surface area (Å²) in [5.74, 6) is -0.496. The molecule has 0 aliphatic carbocycles. The summed E-state index contributed by atoms with van der Waals surface area (Å²) in [6.45, 7) is 8.92. The number of carbonyl (C=O) groups is 1. The van der Waals surface area contributed by atoms with Crippen LogP contribution < -0.4 is 4.90 Å². The molecule has 7 nitrogen and oxygen atoms in total. The smallest absolute Gasteiger partial charge is 0.280 e. The zero-order chi connectivity index (χ0) is 20.4. The monoisotopic (exact) mass is 453 g/mol. The van der Waals surface area contributed by atoms with Gasteiger partial charge in [-0.05, 0) is 38.1 Å². The van der Waals surface area contributed by atoms with Crippen molar-refractivity contribution in [3.63, 3.8) is 0 Å². The van der Waals surface area contributed by atoms with Crippen molar-refractivity contribution < 1.29 is 13.9 Å². The molecule has 0 unspecified atom stereocenters. The van der Waals surface area contributed by atoms with Crippen molar-refractivity contribution in [1.82, 2.24) is 19.7 Å². The van der Waals surface area contributed by atoms with Crippen LogP contribution in [0.1, 0.15) is 23.1 Å². The molecule has 0 saturated carbocycles. The van der Waals surface area contributed by atoms with Crippen molar-refractivity contribution in [3.8, 4) is 0 Å². The Labute approximate surface area is 184 Å². The van der Waals surface area contributed by atoms with Crippen LogP contribution in [0.25, 0.3) is 10.2 Å². The lowest BCUT2D eigenvalue weighted by Gasteiger charge is -2.29. The minimum atomic E-state index is -0.309. The predicted octanol–water partition coefficient (Wildman–Crippen LogP) is 3.36. The summed E-state index contributed by atoms with van der Waals surface area (Å²) in [4.78, 5) is 21.9. The van der Waals surface area contributed by atoms with Crippen LogP contribution in [0.3, 0.4) is 0 Å². The van der Waals surface area contributed by atoms with Gasteiger partial charge in [-0.3, -0.25) is 19.3 Å². The first-order chi connectivity index (χ1) is 14.0. The third-order valence-electron chi connectivity index (χ3n) is 5.06. The van der Waals surface area contributed by atoms with E-state index in [0.29, 0.717) is 49.2 Å². The first-order valence-corrected chi connectivity index (χ1v) is 10.6. The number of amides is 1. The number of rotatable bonds is 6. The zero-order valence-electron chi connectivity index (χ0n) is 17.0. The van der Waals surface area contributed by atoms with Crippen LogP contribution in [0, 0.1) is 12.7 Å². The second-order valence-corrected chi connectivity index (χ2v) is 8.02. The molecule has 1 aromatic carbocycles. The highest BCUT2D eigenvalue weighted by Gasteiger charge is 2.25. The third kappa shape index (κ3) is 4.80. The molecule has 3 aromatic rings. The maximum atomic E-state index is 13.6. The van der Waals surface area contributed by atoms with E-state index in [1.807, 2.05) is 13.8 Å². The number of anilines is 1. The number of ether oxygens (including phenoxy) is 1. The van der Waals surface area contributed by atoms with Gasteiger partial charge in [-0.25, -0.2) is 9.37 Å². The minimum Gasteiger partial charge on any atom is -0.379 e. The minimum absolute atomic E-state index is 0. The first-order valence-electron chi connectivity index (χ1n) is 9.77. The lowest BCUT2D eigenvalue weighted by molar-refractivity contribution is 0.0391. The Hall–Kier alpha value is -2.07. The second kappa shape index (κ2) is 9.82. The highest BCUT2D eigenvalue weighted by molar-refractivity contribution is 7.22. The molecule has 1 saturated heterocycles. The van der Waals surface area contributed by atoms with E-state index in [9.17, 15) is 9.18 Å². The average Bonchev–Trinajstić information content (AvgIpc) is 3.31. The third-order valence-corrected chi connectivity index (χ3v) is 6.10. The number of hydrogen-bond donors (Lipinski definition) is 0. The fourth-order valence-corrected chi connectivity index (χ4v) is 4.44. The van der Waals surface area contributed by atoms with E-state index in [2.05, 4.69) is 15.0 Å². The number of halogens is 2. The van der Waals surface area contributed by atoms with Gasteiger partial charge in [0.1, 0.15) is 5.82 Å². The number of aromatic nitrogens is 3. The number of hydrogen-bond acceptors (Lipinski definition) is 6. The molecule has 1 fully saturated rings. The number of aryl methyl sites for hydroxylation is 2. The van der Waals surface area contributed by atoms with Crippen molar-refractivity contribution >= 4 is 45.0 Å². The van der Waals surface area contributed by atoms with Gasteiger partial charge in [0, 0.05) is 38.4 Å². The van der Waals surface area contributed by atoms with Gasteiger partial charge in [0.15, 0.2) is 10.8 Å². The fourth-order valence-electron chi connectivity index (χ4n) is 3.43. The van der Waals surface area contributed by atoms with Crippen LogP contribution in [-0.2, 0) is 11.3 Å². The predicted molar refractivity (Wildman–Crippen MR) is 118 cm³/mol. The van der Waals surface area contributed by atoms with E-state index < -0.39 is 0 Å². The van der Waals surface area contributed by atoms with E-state index in [-0.39, 0.29) is 24.1 Å². The molecule has 162 valence electrons. The molecule has 3 heterocycles. The maximum Gasteiger partial charge on any atom is 0.280 e. The van der Waals surface area contributed by atoms with Gasteiger partial charge in [0.2, 0.25) is 0 Å². The molecule has 2 aromatic heterocycles. The number of fused-ring (bicyclic) bond motifs is 1. The molecule has 0 N–H and O–H groups in total. The molecule has 0 spiro atoms. The van der Waals surface area contributed by atoms with Crippen molar-refractivity contribution in [2.45, 2.75) is 20.4 Å². The van der Waals surface area contributed by atoms with Crippen LogP contribution in [0.5, 0.6) is 0 Å². The van der Waals surface area contributed by atoms with Crippen LogP contribution in [-0.4, -0.2) is 65.0 Å². The summed E-state index contributed by atoms with van der Waals surface area (Å²) in [6, 6.07) is 6.29. The largest absolute Gasteiger partial charge is 0.379 e. The average molecular weight is 454 g/mol. The normalized spacial score (nSPS) is 14.6. The van der Waals surface area contributed by atoms with Crippen molar-refractivity contribution in [2.75, 3.05) is 44.3 Å². The molecule has 1 aliphatic heterocycles. The maximum absolute atomic E-state index is 13.6. The second-order valence-electron chi connectivity index (χ2n) is 7.01. The number of morpholine rings is 1. The quantitative estimate of drug-likeness (QED) is 0.572. The van der Waals surface area contributed by atoms with E-state index in [1.165, 1.54) is 23.5 Å². The van der Waals surface area contributed by atoms with Gasteiger partial charge in [0.25, 0.3) is 5.91 Å². The van der Waals surface area contributed by atoms with E-state index in [4.69, 9.17) is 4.74 Å². The number of thiazole rings is 1. The Kier molecular flexibility index (Phi) is 7.41.